The van der Waals surface area contributed by atoms with Gasteiger partial charge in [0.25, 0.3) is 5.91 Å². The molecule has 0 saturated heterocycles. The van der Waals surface area contributed by atoms with Gasteiger partial charge in [-0.3, -0.25) is 4.79 Å². The van der Waals surface area contributed by atoms with Crippen molar-refractivity contribution in [3.05, 3.63) is 35.4 Å². The smallest absolute Gasteiger partial charge is 0.331 e. The maximum atomic E-state index is 11.9. The number of benzene rings is 1. The number of carboxylic acids is 1. The van der Waals surface area contributed by atoms with Gasteiger partial charge in [-0.05, 0) is 52.0 Å². The summed E-state index contributed by atoms with van der Waals surface area (Å²) < 4.78 is 5.49. The van der Waals surface area contributed by atoms with Gasteiger partial charge >= 0.3 is 5.97 Å². The first-order valence-electron chi connectivity index (χ1n) is 6.30. The van der Waals surface area contributed by atoms with Crippen LogP contribution in [0.1, 0.15) is 27.7 Å². The molecule has 108 valence electrons. The Morgan fingerprint density at radius 2 is 1.65 bits per heavy atom. The third-order valence-electron chi connectivity index (χ3n) is 2.71. The molecule has 0 aliphatic heterocycles. The van der Waals surface area contributed by atoms with Gasteiger partial charge in [0, 0.05) is 16.8 Å². The highest BCUT2D eigenvalue weighted by molar-refractivity contribution is 6.08. The summed E-state index contributed by atoms with van der Waals surface area (Å²) in [5.41, 5.74) is 0.797. The van der Waals surface area contributed by atoms with E-state index in [2.05, 4.69) is 5.32 Å². The number of nitrogens with one attached hydrogen (secondary N) is 1. The predicted octanol–water partition coefficient (Wildman–Crippen LogP) is 2.83. The van der Waals surface area contributed by atoms with E-state index in [0.717, 1.165) is 0 Å². The lowest BCUT2D eigenvalue weighted by atomic mass is 10.1. The van der Waals surface area contributed by atoms with Gasteiger partial charge in [-0.25, -0.2) is 4.79 Å². The van der Waals surface area contributed by atoms with Crippen LogP contribution in [-0.4, -0.2) is 23.1 Å². The summed E-state index contributed by atoms with van der Waals surface area (Å²) in [7, 11) is 0. The Bertz CT molecular complexity index is 529. The summed E-state index contributed by atoms with van der Waals surface area (Å²) in [4.78, 5) is 22.6. The van der Waals surface area contributed by atoms with E-state index < -0.39 is 11.9 Å². The second-order valence-corrected chi connectivity index (χ2v) is 4.70. The summed E-state index contributed by atoms with van der Waals surface area (Å²) in [5, 5.41) is 11.5. The summed E-state index contributed by atoms with van der Waals surface area (Å²) in [6.07, 6.45) is 0.0823. The van der Waals surface area contributed by atoms with Gasteiger partial charge < -0.3 is 15.2 Å². The van der Waals surface area contributed by atoms with E-state index in [0.29, 0.717) is 11.4 Å². The Morgan fingerprint density at radius 3 is 2.10 bits per heavy atom. The third-order valence-corrected chi connectivity index (χ3v) is 2.71. The second-order valence-electron chi connectivity index (χ2n) is 4.70. The lowest BCUT2D eigenvalue weighted by Crippen LogP contribution is -2.16. The van der Waals surface area contributed by atoms with Crippen LogP contribution in [0.25, 0.3) is 0 Å². The Kier molecular flexibility index (Phi) is 5.32. The number of amides is 1. The van der Waals surface area contributed by atoms with E-state index in [1.807, 2.05) is 13.8 Å². The van der Waals surface area contributed by atoms with Crippen molar-refractivity contribution in [2.24, 2.45) is 0 Å². The van der Waals surface area contributed by atoms with Gasteiger partial charge in [-0.1, -0.05) is 0 Å². The quantitative estimate of drug-likeness (QED) is 0.811. The number of hydrogen-bond acceptors (Lipinski definition) is 3. The highest BCUT2D eigenvalue weighted by atomic mass is 16.5. The van der Waals surface area contributed by atoms with Crippen molar-refractivity contribution in [2.75, 3.05) is 5.32 Å². The summed E-state index contributed by atoms with van der Waals surface area (Å²) >= 11 is 0. The molecule has 1 aromatic rings. The molecule has 0 spiro atoms. The Labute approximate surface area is 118 Å². The molecule has 0 aromatic heterocycles. The molecule has 0 heterocycles. The van der Waals surface area contributed by atoms with E-state index in [1.165, 1.54) is 13.8 Å². The molecule has 0 bridgehead atoms. The van der Waals surface area contributed by atoms with E-state index in [1.54, 1.807) is 24.3 Å². The summed E-state index contributed by atoms with van der Waals surface area (Å²) in [5.74, 6) is -0.812. The monoisotopic (exact) mass is 277 g/mol. The van der Waals surface area contributed by atoms with Gasteiger partial charge in [0.2, 0.25) is 0 Å². The number of hydrogen-bond donors (Lipinski definition) is 2. The van der Waals surface area contributed by atoms with Gasteiger partial charge in [-0.15, -0.1) is 0 Å². The molecule has 1 amide bonds. The van der Waals surface area contributed by atoms with E-state index in [9.17, 15) is 9.59 Å². The van der Waals surface area contributed by atoms with E-state index in [-0.39, 0.29) is 17.3 Å². The molecule has 0 aliphatic rings. The Morgan fingerprint density at radius 1 is 1.10 bits per heavy atom. The standard InChI is InChI=1S/C15H19NO4/c1-9(2)20-13-7-5-12(6-8-13)16-14(17)10(3)11(4)15(18)19/h5-9H,1-4H3,(H,16,17)(H,18,19)/b11-10-. The van der Waals surface area contributed by atoms with Crippen LogP contribution >= 0.6 is 0 Å². The zero-order chi connectivity index (χ0) is 15.3. The van der Waals surface area contributed by atoms with Crippen molar-refractivity contribution in [3.63, 3.8) is 0 Å². The van der Waals surface area contributed by atoms with Crippen molar-refractivity contribution >= 4 is 17.6 Å². The molecule has 2 N–H and O–H groups in total. The molecule has 0 radical (unpaired) electrons. The molecule has 5 heteroatoms. The fourth-order valence-corrected chi connectivity index (χ4v) is 1.44. The first-order valence-corrected chi connectivity index (χ1v) is 6.30. The normalized spacial score (nSPS) is 11.8. The summed E-state index contributed by atoms with van der Waals surface area (Å²) in [6, 6.07) is 6.91. The molecule has 1 aromatic carbocycles. The fraction of sp³-hybridized carbons (Fsp3) is 0.333. The van der Waals surface area contributed by atoms with E-state index >= 15 is 0 Å². The minimum atomic E-state index is -1.10. The average molecular weight is 277 g/mol. The Hall–Kier alpha value is -2.30. The van der Waals surface area contributed by atoms with Crippen LogP contribution in [0.4, 0.5) is 5.69 Å². The number of ether oxygens (including phenoxy) is 1. The van der Waals surface area contributed by atoms with Gasteiger partial charge in [-0.2, -0.15) is 0 Å². The first kappa shape index (κ1) is 15.8. The zero-order valence-electron chi connectivity index (χ0n) is 12.1. The number of carbonyl (C=O) groups excluding carboxylic acids is 1. The van der Waals surface area contributed by atoms with Crippen molar-refractivity contribution in [1.82, 2.24) is 0 Å². The van der Waals surface area contributed by atoms with Crippen LogP contribution in [0.2, 0.25) is 0 Å². The lowest BCUT2D eigenvalue weighted by Gasteiger charge is -2.11. The van der Waals surface area contributed by atoms with Crippen LogP contribution < -0.4 is 10.1 Å². The average Bonchev–Trinajstić information content (AvgIpc) is 2.38. The minimum absolute atomic E-state index is 0.0299. The number of carbonyl (C=O) groups is 2. The molecule has 1 rings (SSSR count). The Balaban J connectivity index is 2.77. The topological polar surface area (TPSA) is 75.6 Å². The van der Waals surface area contributed by atoms with Gasteiger partial charge in [0.05, 0.1) is 6.10 Å². The minimum Gasteiger partial charge on any atom is -0.491 e. The van der Waals surface area contributed by atoms with Crippen LogP contribution in [0.15, 0.2) is 35.4 Å². The van der Waals surface area contributed by atoms with Crippen LogP contribution in [0.5, 0.6) is 5.75 Å². The number of rotatable bonds is 5. The largest absolute Gasteiger partial charge is 0.491 e. The summed E-state index contributed by atoms with van der Waals surface area (Å²) in [6.45, 7) is 6.74. The van der Waals surface area contributed by atoms with Gasteiger partial charge in [0.1, 0.15) is 5.75 Å². The molecule has 5 nitrogen and oxygen atoms in total. The maximum Gasteiger partial charge on any atom is 0.331 e. The lowest BCUT2D eigenvalue weighted by molar-refractivity contribution is -0.133. The molecule has 0 unspecified atom stereocenters. The van der Waals surface area contributed by atoms with Crippen LogP contribution in [-0.2, 0) is 9.59 Å². The van der Waals surface area contributed by atoms with Crippen molar-refractivity contribution in [1.29, 1.82) is 0 Å². The number of aliphatic carboxylic acids is 1. The van der Waals surface area contributed by atoms with Crippen LogP contribution in [0.3, 0.4) is 0 Å². The highest BCUT2D eigenvalue weighted by Gasteiger charge is 2.12. The molecule has 0 aliphatic carbocycles. The predicted molar refractivity (Wildman–Crippen MR) is 76.8 cm³/mol. The van der Waals surface area contributed by atoms with Crippen LogP contribution in [0, 0.1) is 0 Å². The number of anilines is 1. The third kappa shape index (κ3) is 4.42. The van der Waals surface area contributed by atoms with Crippen molar-refractivity contribution in [3.8, 4) is 5.75 Å². The highest BCUT2D eigenvalue weighted by Crippen LogP contribution is 2.17. The zero-order valence-corrected chi connectivity index (χ0v) is 12.1. The SMILES string of the molecule is C/C(C(=O)O)=C(\C)C(=O)Nc1ccc(OC(C)C)cc1. The van der Waals surface area contributed by atoms with Crippen molar-refractivity contribution < 1.29 is 19.4 Å². The van der Waals surface area contributed by atoms with Crippen molar-refractivity contribution in [2.45, 2.75) is 33.8 Å². The second kappa shape index (κ2) is 6.75. The molecule has 0 atom stereocenters. The first-order chi connectivity index (χ1) is 9.31. The van der Waals surface area contributed by atoms with E-state index in [4.69, 9.17) is 9.84 Å². The maximum absolute atomic E-state index is 11.9. The fourth-order valence-electron chi connectivity index (χ4n) is 1.44. The number of carboxylic acid groups (broad SMARTS) is 1. The molecule has 0 saturated carbocycles. The molecule has 20 heavy (non-hydrogen) atoms. The molecular formula is C15H19NO4. The van der Waals surface area contributed by atoms with Gasteiger partial charge in [0.15, 0.2) is 0 Å². The molecular weight excluding hydrogens is 258 g/mol. The molecule has 0 fully saturated rings.